The molecule has 8 heteroatoms. The van der Waals surface area contributed by atoms with Crippen LogP contribution in [0.25, 0.3) is 16.6 Å². The molecule has 0 radical (unpaired) electrons. The number of anilines is 2. The summed E-state index contributed by atoms with van der Waals surface area (Å²) in [5, 5.41) is 26.9. The lowest BCUT2D eigenvalue weighted by Crippen LogP contribution is -2.56. The third kappa shape index (κ3) is 3.73. The van der Waals surface area contributed by atoms with Gasteiger partial charge in [-0.2, -0.15) is 10.4 Å². The van der Waals surface area contributed by atoms with Crippen LogP contribution in [0.5, 0.6) is 0 Å². The summed E-state index contributed by atoms with van der Waals surface area (Å²) in [6.45, 7) is 5.13. The van der Waals surface area contributed by atoms with Crippen LogP contribution in [0.15, 0.2) is 36.7 Å². The van der Waals surface area contributed by atoms with Gasteiger partial charge in [-0.25, -0.2) is 9.50 Å². The van der Waals surface area contributed by atoms with Gasteiger partial charge in [0.05, 0.1) is 23.0 Å². The molecule has 3 aromatic heterocycles. The lowest BCUT2D eigenvalue weighted by atomic mass is 9.83. The van der Waals surface area contributed by atoms with Gasteiger partial charge < -0.3 is 15.3 Å². The van der Waals surface area contributed by atoms with E-state index < -0.39 is 5.60 Å². The topological polar surface area (TPSA) is 107 Å². The number of nitrogens with zero attached hydrogens (tertiary/aromatic N) is 5. The second kappa shape index (κ2) is 7.06. The summed E-state index contributed by atoms with van der Waals surface area (Å²) < 4.78 is 1.73. The van der Waals surface area contributed by atoms with E-state index in [4.69, 9.17) is 0 Å². The van der Waals surface area contributed by atoms with E-state index in [1.807, 2.05) is 38.2 Å². The minimum Gasteiger partial charge on any atom is -0.390 e. The van der Waals surface area contributed by atoms with Gasteiger partial charge in [-0.15, -0.1) is 0 Å². The molecule has 1 aliphatic carbocycles. The van der Waals surface area contributed by atoms with Crippen LogP contribution in [0.1, 0.15) is 32.4 Å². The quantitative estimate of drug-likeness (QED) is 0.662. The standard InChI is InChI=1S/C23H24N6O2/c1-23(2,31)16-12-28(13-16)20-11-25-17(10-24)8-19(20)15-5-6-29-18(7-15)9-21(27-29)26-22(30)14-3-4-14/h5-9,11,14,16,31H,3-4,12-13H2,1-2H3,(H,26,27,30). The van der Waals surface area contributed by atoms with Crippen LogP contribution in [0.3, 0.4) is 0 Å². The number of aliphatic hydroxyl groups is 1. The lowest BCUT2D eigenvalue weighted by molar-refractivity contribution is -0.117. The Kier molecular flexibility index (Phi) is 4.45. The molecule has 1 saturated carbocycles. The molecule has 2 fully saturated rings. The van der Waals surface area contributed by atoms with Gasteiger partial charge in [0, 0.05) is 42.8 Å². The largest absolute Gasteiger partial charge is 0.390 e. The zero-order valence-electron chi connectivity index (χ0n) is 17.5. The van der Waals surface area contributed by atoms with Crippen LogP contribution in [0.2, 0.25) is 0 Å². The molecule has 1 amide bonds. The number of pyridine rings is 2. The Morgan fingerprint density at radius 1 is 1.29 bits per heavy atom. The number of carbonyl (C=O) groups excluding carboxylic acids is 1. The highest BCUT2D eigenvalue weighted by atomic mass is 16.3. The van der Waals surface area contributed by atoms with Crippen molar-refractivity contribution in [3.8, 4) is 17.2 Å². The van der Waals surface area contributed by atoms with Gasteiger partial charge in [-0.3, -0.25) is 4.79 Å². The predicted molar refractivity (Wildman–Crippen MR) is 116 cm³/mol. The first kappa shape index (κ1) is 19.5. The van der Waals surface area contributed by atoms with Crippen molar-refractivity contribution in [2.24, 2.45) is 11.8 Å². The van der Waals surface area contributed by atoms with E-state index in [-0.39, 0.29) is 17.7 Å². The Morgan fingerprint density at radius 2 is 2.06 bits per heavy atom. The highest BCUT2D eigenvalue weighted by Crippen LogP contribution is 2.38. The van der Waals surface area contributed by atoms with E-state index >= 15 is 0 Å². The van der Waals surface area contributed by atoms with E-state index in [0.29, 0.717) is 11.5 Å². The minimum absolute atomic E-state index is 0.0258. The van der Waals surface area contributed by atoms with Crippen molar-refractivity contribution in [2.75, 3.05) is 23.3 Å². The molecule has 5 rings (SSSR count). The van der Waals surface area contributed by atoms with Crippen molar-refractivity contribution in [1.82, 2.24) is 14.6 Å². The van der Waals surface area contributed by atoms with Crippen molar-refractivity contribution < 1.29 is 9.90 Å². The Bertz CT molecular complexity index is 1210. The number of fused-ring (bicyclic) bond motifs is 1. The molecule has 3 aromatic rings. The summed E-state index contributed by atoms with van der Waals surface area (Å²) >= 11 is 0. The number of carbonyl (C=O) groups is 1. The van der Waals surface area contributed by atoms with Crippen LogP contribution < -0.4 is 10.2 Å². The monoisotopic (exact) mass is 416 g/mol. The third-order valence-electron chi connectivity index (χ3n) is 6.19. The summed E-state index contributed by atoms with van der Waals surface area (Å²) in [6.07, 6.45) is 5.47. The fraction of sp³-hybridized carbons (Fsp3) is 0.391. The van der Waals surface area contributed by atoms with E-state index in [9.17, 15) is 15.2 Å². The van der Waals surface area contributed by atoms with Crippen molar-refractivity contribution in [1.29, 1.82) is 5.26 Å². The summed E-state index contributed by atoms with van der Waals surface area (Å²) in [7, 11) is 0. The summed E-state index contributed by atoms with van der Waals surface area (Å²) in [6, 6.07) is 9.70. The fourth-order valence-electron chi connectivity index (χ4n) is 3.91. The van der Waals surface area contributed by atoms with Crippen LogP contribution in [0, 0.1) is 23.2 Å². The van der Waals surface area contributed by atoms with Gasteiger partial charge in [0.2, 0.25) is 5.91 Å². The fourth-order valence-corrected chi connectivity index (χ4v) is 3.91. The summed E-state index contributed by atoms with van der Waals surface area (Å²) in [4.78, 5) is 18.5. The number of nitrogens with one attached hydrogen (secondary N) is 1. The average molecular weight is 416 g/mol. The number of aromatic nitrogens is 3. The number of nitriles is 1. The van der Waals surface area contributed by atoms with Crippen LogP contribution >= 0.6 is 0 Å². The maximum Gasteiger partial charge on any atom is 0.228 e. The molecule has 0 spiro atoms. The first-order valence-electron chi connectivity index (χ1n) is 10.5. The zero-order chi connectivity index (χ0) is 21.8. The van der Waals surface area contributed by atoms with Crippen molar-refractivity contribution >= 4 is 22.9 Å². The molecule has 1 aliphatic heterocycles. The molecule has 31 heavy (non-hydrogen) atoms. The molecule has 8 nitrogen and oxygen atoms in total. The molecule has 1 saturated heterocycles. The lowest BCUT2D eigenvalue weighted by Gasteiger charge is -2.47. The molecule has 0 bridgehead atoms. The first-order valence-corrected chi connectivity index (χ1v) is 10.5. The molecule has 0 unspecified atom stereocenters. The molecule has 158 valence electrons. The predicted octanol–water partition coefficient (Wildman–Crippen LogP) is 2.82. The van der Waals surface area contributed by atoms with Gasteiger partial charge in [0.1, 0.15) is 11.8 Å². The third-order valence-corrected chi connectivity index (χ3v) is 6.19. The summed E-state index contributed by atoms with van der Waals surface area (Å²) in [5.74, 6) is 0.870. The Hall–Kier alpha value is -3.44. The number of hydrogen-bond acceptors (Lipinski definition) is 6. The first-order chi connectivity index (χ1) is 14.8. The van der Waals surface area contributed by atoms with Crippen LogP contribution in [-0.2, 0) is 4.79 Å². The molecule has 4 heterocycles. The summed E-state index contributed by atoms with van der Waals surface area (Å²) in [5.41, 5.74) is 3.26. The smallest absolute Gasteiger partial charge is 0.228 e. The molecule has 0 atom stereocenters. The SMILES string of the molecule is CC(C)(O)C1CN(c2cnc(C#N)cc2-c2ccn3nc(NC(=O)C4CC4)cc3c2)C1. The minimum atomic E-state index is -0.728. The Labute approximate surface area is 180 Å². The highest BCUT2D eigenvalue weighted by molar-refractivity contribution is 5.94. The van der Waals surface area contributed by atoms with Gasteiger partial charge >= 0.3 is 0 Å². The van der Waals surface area contributed by atoms with Gasteiger partial charge in [-0.1, -0.05) is 0 Å². The molecular weight excluding hydrogens is 392 g/mol. The van der Waals surface area contributed by atoms with E-state index in [0.717, 1.165) is 48.3 Å². The van der Waals surface area contributed by atoms with Crippen molar-refractivity contribution in [2.45, 2.75) is 32.3 Å². The van der Waals surface area contributed by atoms with Crippen molar-refractivity contribution in [3.63, 3.8) is 0 Å². The maximum atomic E-state index is 12.0. The number of rotatable bonds is 5. The van der Waals surface area contributed by atoms with Gasteiger partial charge in [-0.05, 0) is 50.5 Å². The van der Waals surface area contributed by atoms with E-state index in [1.165, 1.54) is 0 Å². The van der Waals surface area contributed by atoms with Gasteiger partial charge in [0.25, 0.3) is 0 Å². The zero-order valence-corrected chi connectivity index (χ0v) is 17.5. The number of hydrogen-bond donors (Lipinski definition) is 2. The van der Waals surface area contributed by atoms with Crippen LogP contribution in [0.4, 0.5) is 11.5 Å². The molecule has 2 aliphatic rings. The van der Waals surface area contributed by atoms with Crippen molar-refractivity contribution in [3.05, 3.63) is 42.4 Å². The molecule has 0 aromatic carbocycles. The van der Waals surface area contributed by atoms with Crippen LogP contribution in [-0.4, -0.2) is 44.3 Å². The highest BCUT2D eigenvalue weighted by Gasteiger charge is 2.38. The number of amides is 1. The van der Waals surface area contributed by atoms with E-state index in [2.05, 4.69) is 26.4 Å². The van der Waals surface area contributed by atoms with E-state index in [1.54, 1.807) is 16.8 Å². The normalized spacial score (nSPS) is 16.8. The Morgan fingerprint density at radius 3 is 2.74 bits per heavy atom. The second-order valence-electron chi connectivity index (χ2n) is 9.03. The van der Waals surface area contributed by atoms with Gasteiger partial charge in [0.15, 0.2) is 5.82 Å². The molecular formula is C23H24N6O2. The Balaban J connectivity index is 1.47. The second-order valence-corrected chi connectivity index (χ2v) is 9.03. The molecule has 2 N–H and O–H groups in total. The average Bonchev–Trinajstić information content (AvgIpc) is 3.46. The maximum absolute atomic E-state index is 12.0.